The van der Waals surface area contributed by atoms with E-state index in [1.807, 2.05) is 6.07 Å². The fourth-order valence-corrected chi connectivity index (χ4v) is 8.66. The van der Waals surface area contributed by atoms with Crippen molar-refractivity contribution in [3.63, 3.8) is 0 Å². The molecule has 1 aromatic rings. The fraction of sp³-hybridized carbons (Fsp3) is 0.885. The molecule has 0 radical (unpaired) electrons. The largest absolute Gasteiger partial charge is 0.390 e. The van der Waals surface area contributed by atoms with Gasteiger partial charge in [-0.05, 0) is 113 Å². The molecule has 0 bridgehead atoms. The minimum absolute atomic E-state index is 0.290. The van der Waals surface area contributed by atoms with Crippen LogP contribution < -0.4 is 0 Å². The van der Waals surface area contributed by atoms with E-state index in [9.17, 15) is 10.2 Å². The zero-order chi connectivity index (χ0) is 21.5. The first kappa shape index (κ1) is 21.0. The second kappa shape index (κ2) is 6.57. The molecule has 0 unspecified atom stereocenters. The standard InChI is InChI=1S/C26H41NO3/c1-23(2,28)22-14-21(27-30-22)20-9-8-18-17-7-6-16-15-24(3,29)12-13-25(16,4)19(17)10-11-26(18,20)5/h14,16-20,28-29H,6-13,15H2,1-5H3/t16-,17-,18-,19-,20+,24+,25-,26-/m0/s1. The zero-order valence-corrected chi connectivity index (χ0v) is 19.6. The van der Waals surface area contributed by atoms with E-state index in [-0.39, 0.29) is 5.41 Å². The van der Waals surface area contributed by atoms with Gasteiger partial charge in [0, 0.05) is 12.0 Å². The third-order valence-corrected chi connectivity index (χ3v) is 10.4. The maximum atomic E-state index is 10.7. The number of rotatable bonds is 2. The third-order valence-electron chi connectivity index (χ3n) is 10.4. The number of aliphatic hydroxyl groups is 2. The molecule has 0 aliphatic heterocycles. The van der Waals surface area contributed by atoms with Crippen LogP contribution >= 0.6 is 0 Å². The SMILES string of the molecule is CC(C)(O)c1cc([C@H]2CC[C@H]3[C@@H]4CC[C@H]5C[C@](C)(O)CC[C@]5(C)[C@H]4CC[C@]23C)no1. The minimum Gasteiger partial charge on any atom is -0.390 e. The normalized spacial score (nSPS) is 48.7. The number of hydrogen-bond acceptors (Lipinski definition) is 4. The molecule has 0 spiro atoms. The van der Waals surface area contributed by atoms with Gasteiger partial charge >= 0.3 is 0 Å². The van der Waals surface area contributed by atoms with Gasteiger partial charge in [-0.1, -0.05) is 19.0 Å². The Bertz CT molecular complexity index is 807. The van der Waals surface area contributed by atoms with Gasteiger partial charge in [0.25, 0.3) is 0 Å². The lowest BCUT2D eigenvalue weighted by Crippen LogP contribution is -2.55. The van der Waals surface area contributed by atoms with Crippen molar-refractivity contribution in [2.75, 3.05) is 0 Å². The van der Waals surface area contributed by atoms with Crippen molar-refractivity contribution in [2.45, 2.75) is 110 Å². The first-order valence-electron chi connectivity index (χ1n) is 12.4. The molecule has 2 N–H and O–H groups in total. The molecular formula is C26H41NO3. The molecule has 4 aliphatic carbocycles. The molecular weight excluding hydrogens is 374 g/mol. The van der Waals surface area contributed by atoms with Crippen molar-refractivity contribution in [1.29, 1.82) is 0 Å². The molecule has 4 heteroatoms. The average molecular weight is 416 g/mol. The van der Waals surface area contributed by atoms with Crippen molar-refractivity contribution >= 4 is 0 Å². The highest BCUT2D eigenvalue weighted by Crippen LogP contribution is 2.69. The molecule has 4 aliphatic rings. The molecule has 0 amide bonds. The maximum Gasteiger partial charge on any atom is 0.167 e. The summed E-state index contributed by atoms with van der Waals surface area (Å²) in [6.45, 7) is 10.7. The van der Waals surface area contributed by atoms with Gasteiger partial charge in [-0.25, -0.2) is 0 Å². The first-order valence-corrected chi connectivity index (χ1v) is 12.4. The van der Waals surface area contributed by atoms with Crippen LogP contribution in [-0.4, -0.2) is 21.0 Å². The van der Waals surface area contributed by atoms with Crippen molar-refractivity contribution < 1.29 is 14.7 Å². The lowest BCUT2D eigenvalue weighted by Gasteiger charge is -2.61. The first-order chi connectivity index (χ1) is 13.9. The Morgan fingerprint density at radius 2 is 1.70 bits per heavy atom. The summed E-state index contributed by atoms with van der Waals surface area (Å²) in [5.41, 5.74) is 0.329. The van der Waals surface area contributed by atoms with Crippen LogP contribution in [0.4, 0.5) is 0 Å². The molecule has 30 heavy (non-hydrogen) atoms. The molecule has 1 heterocycles. The van der Waals surface area contributed by atoms with Crippen LogP contribution in [0.15, 0.2) is 10.6 Å². The Hall–Kier alpha value is -0.870. The zero-order valence-electron chi connectivity index (χ0n) is 19.6. The van der Waals surface area contributed by atoms with Crippen LogP contribution in [-0.2, 0) is 5.60 Å². The summed E-state index contributed by atoms with van der Waals surface area (Å²) in [4.78, 5) is 0. The fourth-order valence-electron chi connectivity index (χ4n) is 8.66. The Morgan fingerprint density at radius 3 is 2.40 bits per heavy atom. The average Bonchev–Trinajstić information content (AvgIpc) is 3.26. The Morgan fingerprint density at radius 1 is 0.967 bits per heavy atom. The number of nitrogens with zero attached hydrogens (tertiary/aromatic N) is 1. The summed E-state index contributed by atoms with van der Waals surface area (Å²) in [6.07, 6.45) is 10.9. The van der Waals surface area contributed by atoms with Crippen molar-refractivity contribution in [2.24, 2.45) is 34.5 Å². The summed E-state index contributed by atoms with van der Waals surface area (Å²) in [5.74, 6) is 4.12. The maximum absolute atomic E-state index is 10.7. The Labute approximate surface area is 181 Å². The molecule has 5 rings (SSSR count). The molecule has 1 aromatic heterocycles. The monoisotopic (exact) mass is 415 g/mol. The van der Waals surface area contributed by atoms with Crippen LogP contribution in [0.2, 0.25) is 0 Å². The van der Waals surface area contributed by atoms with Gasteiger partial charge in [-0.3, -0.25) is 0 Å². The molecule has 4 fully saturated rings. The summed E-state index contributed by atoms with van der Waals surface area (Å²) in [6, 6.07) is 2.02. The van der Waals surface area contributed by atoms with Crippen molar-refractivity contribution in [3.05, 3.63) is 17.5 Å². The van der Waals surface area contributed by atoms with Gasteiger partial charge in [-0.15, -0.1) is 0 Å². The van der Waals surface area contributed by atoms with Gasteiger partial charge in [0.15, 0.2) is 5.76 Å². The van der Waals surface area contributed by atoms with E-state index in [1.165, 1.54) is 44.9 Å². The van der Waals surface area contributed by atoms with Crippen molar-refractivity contribution in [1.82, 2.24) is 5.16 Å². The van der Waals surface area contributed by atoms with E-state index < -0.39 is 11.2 Å². The second-order valence-corrected chi connectivity index (χ2v) is 12.7. The third kappa shape index (κ3) is 3.03. The van der Waals surface area contributed by atoms with Gasteiger partial charge in [0.1, 0.15) is 5.60 Å². The quantitative estimate of drug-likeness (QED) is 0.642. The van der Waals surface area contributed by atoms with Gasteiger partial charge in [-0.2, -0.15) is 0 Å². The Kier molecular flexibility index (Phi) is 4.60. The summed E-state index contributed by atoms with van der Waals surface area (Å²) < 4.78 is 5.56. The topological polar surface area (TPSA) is 66.5 Å². The summed E-state index contributed by atoms with van der Waals surface area (Å²) in [5, 5.41) is 25.5. The van der Waals surface area contributed by atoms with Crippen LogP contribution in [0.5, 0.6) is 0 Å². The van der Waals surface area contributed by atoms with Crippen LogP contribution in [0.1, 0.15) is 110 Å². The van der Waals surface area contributed by atoms with Crippen LogP contribution in [0, 0.1) is 34.5 Å². The van der Waals surface area contributed by atoms with E-state index >= 15 is 0 Å². The number of fused-ring (bicyclic) bond motifs is 5. The van der Waals surface area contributed by atoms with Gasteiger partial charge < -0.3 is 14.7 Å². The number of hydrogen-bond donors (Lipinski definition) is 2. The van der Waals surface area contributed by atoms with Gasteiger partial charge in [0.2, 0.25) is 0 Å². The van der Waals surface area contributed by atoms with Gasteiger partial charge in [0.05, 0.1) is 11.3 Å². The van der Waals surface area contributed by atoms with E-state index in [1.54, 1.807) is 13.8 Å². The van der Waals surface area contributed by atoms with E-state index in [2.05, 4.69) is 25.9 Å². The highest BCUT2D eigenvalue weighted by molar-refractivity contribution is 5.22. The van der Waals surface area contributed by atoms with Crippen LogP contribution in [0.3, 0.4) is 0 Å². The predicted molar refractivity (Wildman–Crippen MR) is 117 cm³/mol. The van der Waals surface area contributed by atoms with Crippen molar-refractivity contribution in [3.8, 4) is 0 Å². The highest BCUT2D eigenvalue weighted by Gasteiger charge is 2.61. The minimum atomic E-state index is -0.975. The lowest BCUT2D eigenvalue weighted by molar-refractivity contribution is -0.143. The molecule has 0 saturated heterocycles. The predicted octanol–water partition coefficient (Wildman–Crippen LogP) is 5.78. The molecule has 168 valence electrons. The lowest BCUT2D eigenvalue weighted by atomic mass is 9.44. The smallest absolute Gasteiger partial charge is 0.167 e. The van der Waals surface area contributed by atoms with Crippen LogP contribution in [0.25, 0.3) is 0 Å². The highest BCUT2D eigenvalue weighted by atomic mass is 16.5. The van der Waals surface area contributed by atoms with E-state index in [0.717, 1.165) is 36.3 Å². The second-order valence-electron chi connectivity index (χ2n) is 12.7. The Balaban J connectivity index is 1.40. The molecule has 4 saturated carbocycles. The summed E-state index contributed by atoms with van der Waals surface area (Å²) >= 11 is 0. The molecule has 4 nitrogen and oxygen atoms in total. The molecule has 0 aromatic carbocycles. The van der Waals surface area contributed by atoms with E-state index in [4.69, 9.17) is 4.52 Å². The van der Waals surface area contributed by atoms with E-state index in [0.29, 0.717) is 23.0 Å². The summed E-state index contributed by atoms with van der Waals surface area (Å²) in [7, 11) is 0. The molecule has 8 atom stereocenters. The number of aromatic nitrogens is 1.